The summed E-state index contributed by atoms with van der Waals surface area (Å²) in [4.78, 5) is 35.8. The van der Waals surface area contributed by atoms with Gasteiger partial charge in [-0.1, -0.05) is 0 Å². The van der Waals surface area contributed by atoms with Crippen LogP contribution in [-0.2, 0) is 4.74 Å². The van der Waals surface area contributed by atoms with Gasteiger partial charge in [0, 0.05) is 44.6 Å². The third kappa shape index (κ3) is 6.14. The number of nitrogens with one attached hydrogen (secondary N) is 2. The number of nitrogens with zero attached hydrogens (tertiary/aromatic N) is 4. The molecule has 0 radical (unpaired) electrons. The second-order valence-electron chi connectivity index (χ2n) is 6.46. The van der Waals surface area contributed by atoms with E-state index in [9.17, 15) is 9.59 Å². The summed E-state index contributed by atoms with van der Waals surface area (Å²) in [6.07, 6.45) is 4.39. The Labute approximate surface area is 154 Å². The molecule has 2 amide bonds. The standard InChI is InChI=1S/C17H28N6O3/c1-4-26-17(25)23-8-5-14(6-9-23)21-16-19-11-13(12-20-16)15(24)18-7-10-22(2)3/h11-12,14H,4-10H2,1-3H3,(H,18,24)(H,19,20,21). The number of carbonyl (C=O) groups excluding carboxylic acids is 2. The Hall–Kier alpha value is -2.42. The van der Waals surface area contributed by atoms with Crippen molar-refractivity contribution in [3.63, 3.8) is 0 Å². The second kappa shape index (κ2) is 9.91. The van der Waals surface area contributed by atoms with Crippen molar-refractivity contribution in [3.05, 3.63) is 18.0 Å². The Morgan fingerprint density at radius 2 is 1.92 bits per heavy atom. The summed E-state index contributed by atoms with van der Waals surface area (Å²) < 4.78 is 5.01. The van der Waals surface area contributed by atoms with Crippen LogP contribution < -0.4 is 10.6 Å². The fourth-order valence-corrected chi connectivity index (χ4v) is 2.62. The summed E-state index contributed by atoms with van der Waals surface area (Å²) in [5.41, 5.74) is 0.437. The first-order valence-corrected chi connectivity index (χ1v) is 8.92. The quantitative estimate of drug-likeness (QED) is 0.738. The average Bonchev–Trinajstić information content (AvgIpc) is 2.63. The number of anilines is 1. The van der Waals surface area contributed by atoms with Gasteiger partial charge in [-0.2, -0.15) is 0 Å². The number of rotatable bonds is 7. The van der Waals surface area contributed by atoms with Crippen LogP contribution in [-0.4, -0.2) is 84.7 Å². The maximum absolute atomic E-state index is 12.0. The van der Waals surface area contributed by atoms with E-state index in [1.807, 2.05) is 19.0 Å². The normalized spacial score (nSPS) is 15.0. The summed E-state index contributed by atoms with van der Waals surface area (Å²) in [7, 11) is 3.90. The summed E-state index contributed by atoms with van der Waals surface area (Å²) in [5.74, 6) is 0.311. The minimum absolute atomic E-state index is 0.179. The molecule has 2 rings (SSSR count). The number of hydrogen-bond acceptors (Lipinski definition) is 7. The van der Waals surface area contributed by atoms with Gasteiger partial charge in [-0.15, -0.1) is 0 Å². The van der Waals surface area contributed by atoms with E-state index in [1.165, 1.54) is 12.4 Å². The van der Waals surface area contributed by atoms with Crippen LogP contribution in [0.25, 0.3) is 0 Å². The minimum Gasteiger partial charge on any atom is -0.450 e. The van der Waals surface area contributed by atoms with E-state index < -0.39 is 0 Å². The molecule has 1 saturated heterocycles. The molecule has 144 valence electrons. The zero-order chi connectivity index (χ0) is 18.9. The molecule has 0 spiro atoms. The molecule has 0 aliphatic carbocycles. The molecule has 26 heavy (non-hydrogen) atoms. The highest BCUT2D eigenvalue weighted by Crippen LogP contribution is 2.15. The molecule has 0 aromatic carbocycles. The molecule has 1 aromatic heterocycles. The zero-order valence-corrected chi connectivity index (χ0v) is 15.7. The molecule has 1 aliphatic rings. The molecule has 0 unspecified atom stereocenters. The largest absolute Gasteiger partial charge is 0.450 e. The van der Waals surface area contributed by atoms with Gasteiger partial charge in [-0.3, -0.25) is 4.79 Å². The van der Waals surface area contributed by atoms with Crippen LogP contribution in [0.4, 0.5) is 10.7 Å². The van der Waals surface area contributed by atoms with Gasteiger partial charge in [0.2, 0.25) is 5.95 Å². The van der Waals surface area contributed by atoms with Crippen LogP contribution in [0.1, 0.15) is 30.1 Å². The van der Waals surface area contributed by atoms with Crippen molar-refractivity contribution in [3.8, 4) is 0 Å². The van der Waals surface area contributed by atoms with E-state index >= 15 is 0 Å². The molecular formula is C17H28N6O3. The van der Waals surface area contributed by atoms with Crippen LogP contribution in [0.2, 0.25) is 0 Å². The maximum atomic E-state index is 12.0. The Morgan fingerprint density at radius 1 is 1.27 bits per heavy atom. The monoisotopic (exact) mass is 364 g/mol. The lowest BCUT2D eigenvalue weighted by Crippen LogP contribution is -2.42. The van der Waals surface area contributed by atoms with Crippen molar-refractivity contribution in [1.29, 1.82) is 0 Å². The second-order valence-corrected chi connectivity index (χ2v) is 6.46. The third-order valence-corrected chi connectivity index (χ3v) is 4.11. The predicted octanol–water partition coefficient (Wildman–Crippen LogP) is 0.801. The molecule has 0 saturated carbocycles. The van der Waals surface area contributed by atoms with Crippen LogP contribution in [0.3, 0.4) is 0 Å². The topological polar surface area (TPSA) is 99.7 Å². The fraction of sp³-hybridized carbons (Fsp3) is 0.647. The predicted molar refractivity (Wildman–Crippen MR) is 98.2 cm³/mol. The lowest BCUT2D eigenvalue weighted by atomic mass is 10.1. The van der Waals surface area contributed by atoms with E-state index in [1.54, 1.807) is 11.8 Å². The summed E-state index contributed by atoms with van der Waals surface area (Å²) in [6.45, 7) is 4.82. The van der Waals surface area contributed by atoms with Crippen molar-refractivity contribution >= 4 is 17.9 Å². The highest BCUT2D eigenvalue weighted by atomic mass is 16.6. The van der Waals surface area contributed by atoms with Gasteiger partial charge in [0.25, 0.3) is 5.91 Å². The van der Waals surface area contributed by atoms with Gasteiger partial charge in [0.05, 0.1) is 12.2 Å². The number of amides is 2. The Morgan fingerprint density at radius 3 is 2.50 bits per heavy atom. The number of aromatic nitrogens is 2. The third-order valence-electron chi connectivity index (χ3n) is 4.11. The lowest BCUT2D eigenvalue weighted by molar-refractivity contribution is 0.0949. The number of piperidine rings is 1. The number of likely N-dealkylation sites (N-methyl/N-ethyl adjacent to an activating group) is 1. The van der Waals surface area contributed by atoms with E-state index in [-0.39, 0.29) is 18.0 Å². The van der Waals surface area contributed by atoms with E-state index in [2.05, 4.69) is 20.6 Å². The van der Waals surface area contributed by atoms with E-state index in [0.717, 1.165) is 19.4 Å². The molecule has 9 heteroatoms. The van der Waals surface area contributed by atoms with Gasteiger partial charge in [-0.25, -0.2) is 14.8 Å². The smallest absolute Gasteiger partial charge is 0.409 e. The number of likely N-dealkylation sites (tertiary alicyclic amines) is 1. The van der Waals surface area contributed by atoms with Crippen LogP contribution in [0.15, 0.2) is 12.4 Å². The van der Waals surface area contributed by atoms with Gasteiger partial charge in [0.15, 0.2) is 0 Å². The first-order valence-electron chi connectivity index (χ1n) is 8.92. The highest BCUT2D eigenvalue weighted by Gasteiger charge is 2.23. The van der Waals surface area contributed by atoms with Crippen LogP contribution in [0.5, 0.6) is 0 Å². The first-order chi connectivity index (χ1) is 12.5. The minimum atomic E-state index is -0.258. The molecular weight excluding hydrogens is 336 g/mol. The lowest BCUT2D eigenvalue weighted by Gasteiger charge is -2.31. The molecule has 9 nitrogen and oxygen atoms in total. The SMILES string of the molecule is CCOC(=O)N1CCC(Nc2ncc(C(=O)NCCN(C)C)cn2)CC1. The highest BCUT2D eigenvalue weighted by molar-refractivity contribution is 5.93. The van der Waals surface area contributed by atoms with Crippen molar-refractivity contribution < 1.29 is 14.3 Å². The van der Waals surface area contributed by atoms with Crippen molar-refractivity contribution in [2.24, 2.45) is 0 Å². The Bertz CT molecular complexity index is 585. The Balaban J connectivity index is 1.77. The van der Waals surface area contributed by atoms with Crippen molar-refractivity contribution in [1.82, 2.24) is 25.1 Å². The molecule has 1 aliphatic heterocycles. The molecule has 1 fully saturated rings. The van der Waals surface area contributed by atoms with Crippen molar-refractivity contribution in [2.45, 2.75) is 25.8 Å². The average molecular weight is 364 g/mol. The summed E-state index contributed by atoms with van der Waals surface area (Å²) in [5, 5.41) is 6.08. The summed E-state index contributed by atoms with van der Waals surface area (Å²) in [6, 6.07) is 0.195. The van der Waals surface area contributed by atoms with Crippen LogP contribution >= 0.6 is 0 Å². The molecule has 0 bridgehead atoms. The van der Waals surface area contributed by atoms with Gasteiger partial charge in [0.1, 0.15) is 0 Å². The van der Waals surface area contributed by atoms with E-state index in [0.29, 0.717) is 37.8 Å². The zero-order valence-electron chi connectivity index (χ0n) is 15.7. The molecule has 0 atom stereocenters. The van der Waals surface area contributed by atoms with Crippen LogP contribution in [0, 0.1) is 0 Å². The summed E-state index contributed by atoms with van der Waals surface area (Å²) >= 11 is 0. The molecule has 2 heterocycles. The van der Waals surface area contributed by atoms with E-state index in [4.69, 9.17) is 4.74 Å². The Kier molecular flexibility index (Phi) is 7.58. The molecule has 2 N–H and O–H groups in total. The number of carbonyl (C=O) groups is 2. The first kappa shape index (κ1) is 19.9. The van der Waals surface area contributed by atoms with Gasteiger partial charge in [-0.05, 0) is 33.9 Å². The molecule has 1 aromatic rings. The maximum Gasteiger partial charge on any atom is 0.409 e. The number of ether oxygens (including phenoxy) is 1. The number of hydrogen-bond donors (Lipinski definition) is 2. The fourth-order valence-electron chi connectivity index (χ4n) is 2.62. The van der Waals surface area contributed by atoms with Crippen molar-refractivity contribution in [2.75, 3.05) is 52.2 Å². The van der Waals surface area contributed by atoms with Gasteiger partial charge < -0.3 is 25.2 Å². The van der Waals surface area contributed by atoms with Gasteiger partial charge >= 0.3 is 6.09 Å².